The van der Waals surface area contributed by atoms with Crippen LogP contribution in [0.3, 0.4) is 0 Å². The minimum absolute atomic E-state index is 0.191. The quantitative estimate of drug-likeness (QED) is 0.157. The van der Waals surface area contributed by atoms with E-state index in [1.54, 1.807) is 30.3 Å². The van der Waals surface area contributed by atoms with E-state index < -0.39 is 17.8 Å². The average Bonchev–Trinajstić information content (AvgIpc) is 3.00. The second kappa shape index (κ2) is 13.6. The molecule has 5 rings (SSSR count). The summed E-state index contributed by atoms with van der Waals surface area (Å²) in [4.78, 5) is 39.1. The molecule has 4 amide bonds. The van der Waals surface area contributed by atoms with E-state index in [1.807, 2.05) is 19.1 Å². The lowest BCUT2D eigenvalue weighted by Gasteiger charge is -2.26. The molecule has 0 atom stereocenters. The summed E-state index contributed by atoms with van der Waals surface area (Å²) in [5.74, 6) is 0.894. The van der Waals surface area contributed by atoms with Crippen molar-refractivity contribution in [3.05, 3.63) is 88.5 Å². The number of nitrogens with one attached hydrogen (secondary N) is 1. The average molecular weight is 589 g/mol. The minimum atomic E-state index is -0.828. The van der Waals surface area contributed by atoms with Crippen molar-refractivity contribution >= 4 is 41.2 Å². The number of carbonyl (C=O) groups is 3. The van der Waals surface area contributed by atoms with Crippen LogP contribution in [0.5, 0.6) is 17.2 Å². The Bertz CT molecular complexity index is 1460. The van der Waals surface area contributed by atoms with Gasteiger partial charge in [0.15, 0.2) is 11.5 Å². The van der Waals surface area contributed by atoms with Crippen LogP contribution in [0.4, 0.5) is 10.5 Å². The molecule has 3 aromatic rings. The number of nitrogens with zero attached hydrogens (tertiary/aromatic N) is 1. The monoisotopic (exact) mass is 588 g/mol. The number of imide groups is 2. The van der Waals surface area contributed by atoms with Gasteiger partial charge in [-0.25, -0.2) is 9.69 Å². The fourth-order valence-corrected chi connectivity index (χ4v) is 5.36. The normalized spacial score (nSPS) is 16.9. The van der Waals surface area contributed by atoms with Crippen LogP contribution in [0.1, 0.15) is 56.1 Å². The van der Waals surface area contributed by atoms with Gasteiger partial charge in [0.1, 0.15) is 24.5 Å². The van der Waals surface area contributed by atoms with Crippen LogP contribution < -0.4 is 24.4 Å². The van der Waals surface area contributed by atoms with Crippen LogP contribution in [0.25, 0.3) is 6.08 Å². The molecule has 0 bridgehead atoms. The molecule has 218 valence electrons. The number of carbonyl (C=O) groups excluding carboxylic acids is 3. The van der Waals surface area contributed by atoms with Gasteiger partial charge in [0.25, 0.3) is 11.8 Å². The van der Waals surface area contributed by atoms with E-state index in [0.29, 0.717) is 53.5 Å². The number of hydrogen-bond donors (Lipinski definition) is 1. The molecule has 1 N–H and O–H groups in total. The SMILES string of the molecule is CCOc1cc(/C=C2/C(=O)NC(=O)N(c3ccc(Cl)cc3)C2=O)ccc1OCCOc1ccc(C2CCCCC2)cc1. The van der Waals surface area contributed by atoms with Gasteiger partial charge in [0.05, 0.1) is 12.3 Å². The predicted molar refractivity (Wildman–Crippen MR) is 161 cm³/mol. The Hall–Kier alpha value is -4.30. The van der Waals surface area contributed by atoms with Crippen LogP contribution in [0.15, 0.2) is 72.3 Å². The van der Waals surface area contributed by atoms with Gasteiger partial charge in [0.2, 0.25) is 0 Å². The number of barbiturate groups is 1. The van der Waals surface area contributed by atoms with Crippen molar-refractivity contribution in [1.82, 2.24) is 5.32 Å². The Morgan fingerprint density at radius 1 is 0.857 bits per heavy atom. The van der Waals surface area contributed by atoms with Gasteiger partial charge in [-0.1, -0.05) is 49.1 Å². The topological polar surface area (TPSA) is 94.2 Å². The van der Waals surface area contributed by atoms with Crippen molar-refractivity contribution in [2.75, 3.05) is 24.7 Å². The third kappa shape index (κ3) is 6.94. The first-order valence-corrected chi connectivity index (χ1v) is 14.6. The Morgan fingerprint density at radius 3 is 2.29 bits per heavy atom. The highest BCUT2D eigenvalue weighted by Gasteiger charge is 2.36. The number of hydrogen-bond acceptors (Lipinski definition) is 6. The lowest BCUT2D eigenvalue weighted by Crippen LogP contribution is -2.54. The highest BCUT2D eigenvalue weighted by Crippen LogP contribution is 2.34. The van der Waals surface area contributed by atoms with Crippen molar-refractivity contribution in [1.29, 1.82) is 0 Å². The Labute approximate surface area is 250 Å². The maximum Gasteiger partial charge on any atom is 0.335 e. The molecule has 1 aliphatic carbocycles. The van der Waals surface area contributed by atoms with E-state index in [1.165, 1.54) is 55.9 Å². The summed E-state index contributed by atoms with van der Waals surface area (Å²) in [5.41, 5.74) is 2.01. The van der Waals surface area contributed by atoms with Gasteiger partial charge in [-0.2, -0.15) is 0 Å². The lowest BCUT2D eigenvalue weighted by molar-refractivity contribution is -0.122. The maximum atomic E-state index is 13.2. The first-order chi connectivity index (χ1) is 20.4. The summed E-state index contributed by atoms with van der Waals surface area (Å²) in [6, 6.07) is 18.8. The summed E-state index contributed by atoms with van der Waals surface area (Å²) in [6.07, 6.45) is 7.89. The Morgan fingerprint density at radius 2 is 1.57 bits per heavy atom. The lowest BCUT2D eigenvalue weighted by atomic mass is 9.84. The molecule has 2 aliphatic rings. The number of anilines is 1. The number of urea groups is 1. The van der Waals surface area contributed by atoms with Crippen molar-refractivity contribution in [2.24, 2.45) is 0 Å². The smallest absolute Gasteiger partial charge is 0.335 e. The van der Waals surface area contributed by atoms with Crippen LogP contribution in [-0.4, -0.2) is 37.7 Å². The fraction of sp³-hybridized carbons (Fsp3) is 0.303. The van der Waals surface area contributed by atoms with Crippen LogP contribution in [0.2, 0.25) is 5.02 Å². The van der Waals surface area contributed by atoms with Crippen molar-refractivity contribution in [2.45, 2.75) is 44.9 Å². The summed E-state index contributed by atoms with van der Waals surface area (Å²) in [7, 11) is 0. The molecule has 9 heteroatoms. The third-order valence-electron chi connectivity index (χ3n) is 7.33. The molecular formula is C33H33ClN2O6. The largest absolute Gasteiger partial charge is 0.490 e. The van der Waals surface area contributed by atoms with Crippen molar-refractivity contribution in [3.8, 4) is 17.2 Å². The molecule has 42 heavy (non-hydrogen) atoms. The molecule has 0 aromatic heterocycles. The van der Waals surface area contributed by atoms with E-state index in [9.17, 15) is 14.4 Å². The molecule has 0 radical (unpaired) electrons. The highest BCUT2D eigenvalue weighted by atomic mass is 35.5. The maximum absolute atomic E-state index is 13.2. The number of rotatable bonds is 10. The summed E-state index contributed by atoms with van der Waals surface area (Å²) < 4.78 is 17.6. The number of amides is 4. The van der Waals surface area contributed by atoms with Crippen molar-refractivity contribution in [3.63, 3.8) is 0 Å². The minimum Gasteiger partial charge on any atom is -0.490 e. The number of ether oxygens (including phenoxy) is 3. The van der Waals surface area contributed by atoms with Gasteiger partial charge in [-0.05, 0) is 91.4 Å². The van der Waals surface area contributed by atoms with E-state index in [-0.39, 0.29) is 5.57 Å². The number of benzene rings is 3. The molecule has 0 unspecified atom stereocenters. The van der Waals surface area contributed by atoms with Gasteiger partial charge in [-0.15, -0.1) is 0 Å². The zero-order valence-corrected chi connectivity index (χ0v) is 24.2. The first-order valence-electron chi connectivity index (χ1n) is 14.2. The van der Waals surface area contributed by atoms with E-state index in [4.69, 9.17) is 25.8 Å². The second-order valence-electron chi connectivity index (χ2n) is 10.2. The molecule has 1 saturated heterocycles. The fourth-order valence-electron chi connectivity index (χ4n) is 5.23. The standard InChI is InChI=1S/C33H33ClN2O6/c1-2-40-30-21-22(20-28-31(37)35-33(39)36(32(28)38)26-13-11-25(34)12-14-26)8-17-29(30)42-19-18-41-27-15-9-24(10-16-27)23-6-4-3-5-7-23/h8-17,20-21,23H,2-7,18-19H2,1H3,(H,35,37,39)/b28-20-. The van der Waals surface area contributed by atoms with Gasteiger partial charge in [0, 0.05) is 5.02 Å². The van der Waals surface area contributed by atoms with E-state index in [0.717, 1.165) is 10.6 Å². The Kier molecular flexibility index (Phi) is 9.44. The molecule has 1 saturated carbocycles. The molecule has 2 fully saturated rings. The summed E-state index contributed by atoms with van der Waals surface area (Å²) >= 11 is 5.93. The first kappa shape index (κ1) is 29.2. The molecule has 1 heterocycles. The highest BCUT2D eigenvalue weighted by molar-refractivity contribution is 6.39. The Balaban J connectivity index is 1.23. The summed E-state index contributed by atoms with van der Waals surface area (Å²) in [5, 5.41) is 2.67. The second-order valence-corrected chi connectivity index (χ2v) is 10.6. The van der Waals surface area contributed by atoms with Crippen LogP contribution in [-0.2, 0) is 9.59 Å². The van der Waals surface area contributed by atoms with Gasteiger partial charge >= 0.3 is 6.03 Å². The summed E-state index contributed by atoms with van der Waals surface area (Å²) in [6.45, 7) is 2.88. The predicted octanol–water partition coefficient (Wildman–Crippen LogP) is 6.91. The molecule has 3 aromatic carbocycles. The molecule has 8 nitrogen and oxygen atoms in total. The van der Waals surface area contributed by atoms with Crippen LogP contribution >= 0.6 is 11.6 Å². The third-order valence-corrected chi connectivity index (χ3v) is 7.58. The van der Waals surface area contributed by atoms with Crippen molar-refractivity contribution < 1.29 is 28.6 Å². The van der Waals surface area contributed by atoms with Gasteiger partial charge < -0.3 is 14.2 Å². The van der Waals surface area contributed by atoms with Gasteiger partial charge in [-0.3, -0.25) is 14.9 Å². The molecule has 0 spiro atoms. The molecule has 1 aliphatic heterocycles. The molecular weight excluding hydrogens is 556 g/mol. The van der Waals surface area contributed by atoms with E-state index in [2.05, 4.69) is 17.4 Å². The van der Waals surface area contributed by atoms with E-state index >= 15 is 0 Å². The zero-order valence-electron chi connectivity index (χ0n) is 23.4. The zero-order chi connectivity index (χ0) is 29.5. The number of halogens is 1. The van der Waals surface area contributed by atoms with Crippen LogP contribution in [0, 0.1) is 0 Å².